The van der Waals surface area contributed by atoms with Gasteiger partial charge in [0.2, 0.25) is 0 Å². The maximum absolute atomic E-state index is 11.2. The molecule has 0 bridgehead atoms. The molecule has 0 aliphatic heterocycles. The molecule has 0 spiro atoms. The fourth-order valence-electron chi connectivity index (χ4n) is 1.17. The van der Waals surface area contributed by atoms with Crippen molar-refractivity contribution in [3.8, 4) is 0 Å². The van der Waals surface area contributed by atoms with Gasteiger partial charge in [0.15, 0.2) is 5.78 Å². The van der Waals surface area contributed by atoms with Gasteiger partial charge in [-0.1, -0.05) is 0 Å². The maximum atomic E-state index is 11.2. The zero-order valence-electron chi connectivity index (χ0n) is 7.92. The molecule has 0 saturated carbocycles. The molecule has 1 rings (SSSR count). The number of ketones is 1. The summed E-state index contributed by atoms with van der Waals surface area (Å²) >= 11 is 1.48. The van der Waals surface area contributed by atoms with Gasteiger partial charge in [0, 0.05) is 4.88 Å². The molecule has 0 amide bonds. The van der Waals surface area contributed by atoms with Crippen LogP contribution in [0, 0.1) is 6.92 Å². The van der Waals surface area contributed by atoms with E-state index in [4.69, 9.17) is 0 Å². The van der Waals surface area contributed by atoms with Crippen molar-refractivity contribution >= 4 is 22.7 Å². The molecule has 2 nitrogen and oxygen atoms in total. The Morgan fingerprint density at radius 1 is 1.46 bits per heavy atom. The van der Waals surface area contributed by atoms with E-state index < -0.39 is 0 Å². The van der Waals surface area contributed by atoms with Crippen molar-refractivity contribution in [3.63, 3.8) is 0 Å². The van der Waals surface area contributed by atoms with Gasteiger partial charge in [-0.2, -0.15) is 0 Å². The predicted octanol–water partition coefficient (Wildman–Crippen LogP) is 2.93. The van der Waals surface area contributed by atoms with E-state index in [0.717, 1.165) is 10.4 Å². The van der Waals surface area contributed by atoms with Gasteiger partial charge in [-0.05, 0) is 37.8 Å². The monoisotopic (exact) mass is 196 g/mol. The van der Waals surface area contributed by atoms with Crippen LogP contribution in [-0.2, 0) is 4.79 Å². The highest BCUT2D eigenvalue weighted by molar-refractivity contribution is 7.11. The van der Waals surface area contributed by atoms with Crippen LogP contribution in [0.2, 0.25) is 0 Å². The topological polar surface area (TPSA) is 37.3 Å². The average molecular weight is 196 g/mol. The van der Waals surface area contributed by atoms with Crippen LogP contribution in [0.1, 0.15) is 24.3 Å². The number of carbonyl (C=O) groups excluding carboxylic acids is 1. The lowest BCUT2D eigenvalue weighted by atomic mass is 10.1. The van der Waals surface area contributed by atoms with E-state index in [1.54, 1.807) is 0 Å². The van der Waals surface area contributed by atoms with Gasteiger partial charge in [0.25, 0.3) is 0 Å². The van der Waals surface area contributed by atoms with Gasteiger partial charge in [-0.3, -0.25) is 4.79 Å². The Labute approximate surface area is 81.5 Å². The Morgan fingerprint density at radius 2 is 2.08 bits per heavy atom. The average Bonchev–Trinajstić information content (AvgIpc) is 2.34. The molecular weight excluding hydrogens is 184 g/mol. The Balaban J connectivity index is 3.19. The molecule has 0 radical (unpaired) electrons. The number of allylic oxidation sites excluding steroid dienone is 2. The Bertz CT molecular complexity index is 357. The molecule has 1 N–H and O–H groups in total. The third-order valence-electron chi connectivity index (χ3n) is 1.69. The maximum Gasteiger partial charge on any atom is 0.164 e. The second-order valence-electron chi connectivity index (χ2n) is 3.00. The fraction of sp³-hybridized carbons (Fsp3) is 0.300. The summed E-state index contributed by atoms with van der Waals surface area (Å²) in [6.07, 6.45) is 0. The zero-order chi connectivity index (χ0) is 10.0. The molecule has 0 aliphatic carbocycles. The minimum Gasteiger partial charge on any atom is -0.512 e. The number of hydrogen-bond acceptors (Lipinski definition) is 3. The van der Waals surface area contributed by atoms with Crippen molar-refractivity contribution in [3.05, 3.63) is 27.6 Å². The number of aliphatic hydroxyl groups excluding tert-OH is 1. The number of thiophene rings is 1. The second-order valence-corrected chi connectivity index (χ2v) is 3.92. The van der Waals surface area contributed by atoms with Crippen molar-refractivity contribution in [2.24, 2.45) is 0 Å². The zero-order valence-corrected chi connectivity index (χ0v) is 8.73. The van der Waals surface area contributed by atoms with E-state index in [-0.39, 0.29) is 11.5 Å². The summed E-state index contributed by atoms with van der Waals surface area (Å²) < 4.78 is 0. The summed E-state index contributed by atoms with van der Waals surface area (Å²) in [5.41, 5.74) is 1.54. The fourth-order valence-corrected chi connectivity index (χ4v) is 2.21. The predicted molar refractivity (Wildman–Crippen MR) is 55.0 cm³/mol. The first-order valence-corrected chi connectivity index (χ1v) is 4.86. The smallest absolute Gasteiger partial charge is 0.164 e. The Morgan fingerprint density at radius 3 is 2.38 bits per heavy atom. The molecule has 0 atom stereocenters. The van der Waals surface area contributed by atoms with Gasteiger partial charge >= 0.3 is 0 Å². The summed E-state index contributed by atoms with van der Waals surface area (Å²) in [6, 6.07) is 1.90. The van der Waals surface area contributed by atoms with Crippen molar-refractivity contribution in [1.29, 1.82) is 0 Å². The van der Waals surface area contributed by atoms with E-state index >= 15 is 0 Å². The van der Waals surface area contributed by atoms with Gasteiger partial charge in [-0.25, -0.2) is 0 Å². The first-order chi connectivity index (χ1) is 6.02. The van der Waals surface area contributed by atoms with E-state index in [1.807, 2.05) is 18.4 Å². The number of aliphatic hydroxyl groups is 1. The SMILES string of the molecule is CC(=O)/C(=C(/C)O)c1cc(C)cs1. The van der Waals surface area contributed by atoms with Crippen molar-refractivity contribution in [2.75, 3.05) is 0 Å². The Kier molecular flexibility index (Phi) is 2.88. The molecule has 0 aromatic carbocycles. The largest absolute Gasteiger partial charge is 0.512 e. The molecule has 0 saturated heterocycles. The van der Waals surface area contributed by atoms with Gasteiger partial charge < -0.3 is 5.11 Å². The van der Waals surface area contributed by atoms with Crippen molar-refractivity contribution in [1.82, 2.24) is 0 Å². The highest BCUT2D eigenvalue weighted by Crippen LogP contribution is 2.25. The van der Waals surface area contributed by atoms with Crippen molar-refractivity contribution in [2.45, 2.75) is 20.8 Å². The standard InChI is InChI=1S/C10H12O2S/c1-6-4-9(13-5-6)10(7(2)11)8(3)12/h4-5,11H,1-3H3/b10-7+. The highest BCUT2D eigenvalue weighted by Gasteiger charge is 2.12. The normalized spacial score (nSPS) is 12.5. The van der Waals surface area contributed by atoms with Crippen LogP contribution < -0.4 is 0 Å². The molecule has 1 heterocycles. The van der Waals surface area contributed by atoms with Gasteiger partial charge in [0.05, 0.1) is 5.57 Å². The third kappa shape index (κ3) is 2.18. The van der Waals surface area contributed by atoms with E-state index in [1.165, 1.54) is 25.2 Å². The lowest BCUT2D eigenvalue weighted by Gasteiger charge is -2.00. The summed E-state index contributed by atoms with van der Waals surface area (Å²) in [5.74, 6) is -0.00352. The van der Waals surface area contributed by atoms with Crippen LogP contribution in [0.4, 0.5) is 0 Å². The number of aryl methyl sites for hydroxylation is 1. The molecule has 70 valence electrons. The van der Waals surface area contributed by atoms with Gasteiger partial charge in [-0.15, -0.1) is 11.3 Å². The summed E-state index contributed by atoms with van der Waals surface area (Å²) in [6.45, 7) is 4.96. The van der Waals surface area contributed by atoms with Crippen LogP contribution in [0.3, 0.4) is 0 Å². The van der Waals surface area contributed by atoms with Crippen LogP contribution in [0.25, 0.3) is 5.57 Å². The quantitative estimate of drug-likeness (QED) is 0.583. The first-order valence-electron chi connectivity index (χ1n) is 3.98. The number of hydrogen-bond donors (Lipinski definition) is 1. The Hall–Kier alpha value is -1.09. The van der Waals surface area contributed by atoms with Gasteiger partial charge in [0.1, 0.15) is 5.76 Å². The molecule has 0 aliphatic rings. The van der Waals surface area contributed by atoms with Crippen LogP contribution in [0.5, 0.6) is 0 Å². The number of Topliss-reactive ketones (excluding diaryl/α,β-unsaturated/α-hetero) is 1. The van der Waals surface area contributed by atoms with Crippen LogP contribution in [0.15, 0.2) is 17.2 Å². The number of rotatable bonds is 2. The second kappa shape index (κ2) is 3.75. The third-order valence-corrected chi connectivity index (χ3v) is 2.76. The van der Waals surface area contributed by atoms with E-state index in [0.29, 0.717) is 5.57 Å². The lowest BCUT2D eigenvalue weighted by molar-refractivity contribution is -0.111. The van der Waals surface area contributed by atoms with E-state index in [9.17, 15) is 9.90 Å². The highest BCUT2D eigenvalue weighted by atomic mass is 32.1. The molecule has 3 heteroatoms. The van der Waals surface area contributed by atoms with E-state index in [2.05, 4.69) is 0 Å². The summed E-state index contributed by atoms with van der Waals surface area (Å²) in [7, 11) is 0. The summed E-state index contributed by atoms with van der Waals surface area (Å²) in [4.78, 5) is 12.0. The minimum absolute atomic E-state index is 0.0920. The molecule has 13 heavy (non-hydrogen) atoms. The molecule has 0 fully saturated rings. The molecule has 1 aromatic rings. The van der Waals surface area contributed by atoms with Crippen LogP contribution >= 0.6 is 11.3 Å². The van der Waals surface area contributed by atoms with Crippen LogP contribution in [-0.4, -0.2) is 10.9 Å². The molecule has 0 unspecified atom stereocenters. The first kappa shape index (κ1) is 9.99. The minimum atomic E-state index is -0.0955. The molecular formula is C10H12O2S. The summed E-state index contributed by atoms with van der Waals surface area (Å²) in [5, 5.41) is 11.3. The molecule has 1 aromatic heterocycles. The number of carbonyl (C=O) groups is 1. The van der Waals surface area contributed by atoms with Crippen molar-refractivity contribution < 1.29 is 9.90 Å². The lowest BCUT2D eigenvalue weighted by Crippen LogP contribution is -1.96.